The van der Waals surface area contributed by atoms with Gasteiger partial charge < -0.3 is 15.0 Å². The molecule has 1 aromatic carbocycles. The lowest BCUT2D eigenvalue weighted by Gasteiger charge is -2.22. The Labute approximate surface area is 203 Å². The number of nitrogens with zero attached hydrogens (tertiary/aromatic N) is 5. The fraction of sp³-hybridized carbons (Fsp3) is 0.259. The second-order valence-electron chi connectivity index (χ2n) is 8.75. The van der Waals surface area contributed by atoms with Crippen LogP contribution in [0.4, 0.5) is 11.6 Å². The van der Waals surface area contributed by atoms with Gasteiger partial charge in [0.1, 0.15) is 17.4 Å². The normalized spacial score (nSPS) is 13.8. The van der Waals surface area contributed by atoms with Crippen molar-refractivity contribution in [3.63, 3.8) is 0 Å². The molecule has 0 atom stereocenters. The van der Waals surface area contributed by atoms with Gasteiger partial charge in [0.2, 0.25) is 0 Å². The Hall–Kier alpha value is -4.20. The molecule has 1 N–H and O–H groups in total. The zero-order valence-electron chi connectivity index (χ0n) is 19.8. The molecule has 2 aliphatic rings. The molecule has 176 valence electrons. The summed E-state index contributed by atoms with van der Waals surface area (Å²) in [6.07, 6.45) is 7.08. The van der Waals surface area contributed by atoms with E-state index in [1.165, 1.54) is 0 Å². The van der Waals surface area contributed by atoms with Crippen LogP contribution in [0.3, 0.4) is 0 Å². The number of pyridine rings is 2. The minimum absolute atomic E-state index is 0.0339. The van der Waals surface area contributed by atoms with E-state index < -0.39 is 0 Å². The maximum Gasteiger partial charge on any atom is 0.251 e. The number of anilines is 2. The highest BCUT2D eigenvalue weighted by Gasteiger charge is 2.28. The van der Waals surface area contributed by atoms with Crippen molar-refractivity contribution in [2.24, 2.45) is 0 Å². The van der Waals surface area contributed by atoms with Gasteiger partial charge in [-0.1, -0.05) is 6.07 Å². The molecular formula is C27H26N6O2. The van der Waals surface area contributed by atoms with E-state index in [4.69, 9.17) is 14.7 Å². The number of hydrogen-bond acceptors (Lipinski definition) is 6. The van der Waals surface area contributed by atoms with Gasteiger partial charge in [0.15, 0.2) is 5.82 Å². The number of rotatable bonds is 5. The molecule has 0 bridgehead atoms. The average Bonchev–Trinajstić information content (AvgIpc) is 3.21. The van der Waals surface area contributed by atoms with E-state index in [0.29, 0.717) is 25.1 Å². The monoisotopic (exact) mass is 466 g/mol. The first-order valence-electron chi connectivity index (χ1n) is 11.9. The van der Waals surface area contributed by atoms with E-state index >= 15 is 0 Å². The maximum atomic E-state index is 12.1. The molecule has 5 heterocycles. The molecule has 6 rings (SSSR count). The number of nitrogens with one attached hydrogen (secondary N) is 1. The Kier molecular flexibility index (Phi) is 5.21. The number of amides is 1. The molecule has 0 aliphatic carbocycles. The van der Waals surface area contributed by atoms with Crippen LogP contribution in [0.25, 0.3) is 17.1 Å². The van der Waals surface area contributed by atoms with Crippen molar-refractivity contribution in [3.8, 4) is 22.8 Å². The molecule has 3 aromatic heterocycles. The van der Waals surface area contributed by atoms with Crippen LogP contribution in [0.5, 0.6) is 5.75 Å². The van der Waals surface area contributed by atoms with Gasteiger partial charge in [0.25, 0.3) is 5.91 Å². The summed E-state index contributed by atoms with van der Waals surface area (Å²) in [6, 6.07) is 11.8. The Balaban J connectivity index is 1.32. The van der Waals surface area contributed by atoms with Crippen molar-refractivity contribution in [3.05, 3.63) is 77.4 Å². The summed E-state index contributed by atoms with van der Waals surface area (Å²) in [5.74, 6) is 3.33. The lowest BCUT2D eigenvalue weighted by molar-refractivity contribution is 0.0945. The highest BCUT2D eigenvalue weighted by atomic mass is 16.5. The van der Waals surface area contributed by atoms with Crippen LogP contribution in [-0.2, 0) is 12.8 Å². The van der Waals surface area contributed by atoms with Crippen molar-refractivity contribution in [1.29, 1.82) is 0 Å². The van der Waals surface area contributed by atoms with Gasteiger partial charge in [-0.3, -0.25) is 9.36 Å². The third-order valence-electron chi connectivity index (χ3n) is 6.62. The largest absolute Gasteiger partial charge is 0.493 e. The molecule has 0 radical (unpaired) electrons. The number of ether oxygens (including phenoxy) is 1. The number of carbonyl (C=O) groups excluding carboxylic acids is 1. The summed E-state index contributed by atoms with van der Waals surface area (Å²) < 4.78 is 8.30. The highest BCUT2D eigenvalue weighted by molar-refractivity contribution is 5.97. The molecule has 1 amide bonds. The first-order chi connectivity index (χ1) is 17.2. The Morgan fingerprint density at radius 1 is 1.06 bits per heavy atom. The molecule has 4 aromatic rings. The lowest BCUT2D eigenvalue weighted by Crippen LogP contribution is -2.32. The Morgan fingerprint density at radius 2 is 1.97 bits per heavy atom. The summed E-state index contributed by atoms with van der Waals surface area (Å²) in [7, 11) is 0. The van der Waals surface area contributed by atoms with Crippen molar-refractivity contribution in [2.75, 3.05) is 24.6 Å². The molecule has 8 heteroatoms. The molecule has 35 heavy (non-hydrogen) atoms. The van der Waals surface area contributed by atoms with Crippen molar-refractivity contribution in [1.82, 2.24) is 24.8 Å². The van der Waals surface area contributed by atoms with Crippen LogP contribution in [0.15, 0.2) is 55.0 Å². The second kappa shape index (κ2) is 8.54. The zero-order valence-corrected chi connectivity index (χ0v) is 19.8. The van der Waals surface area contributed by atoms with Crippen LogP contribution in [0.1, 0.15) is 34.1 Å². The minimum Gasteiger partial charge on any atom is -0.493 e. The number of aryl methyl sites for hydroxylation is 1. The van der Waals surface area contributed by atoms with Crippen LogP contribution < -0.4 is 15.0 Å². The van der Waals surface area contributed by atoms with Crippen LogP contribution in [0, 0.1) is 6.92 Å². The minimum atomic E-state index is -0.0339. The van der Waals surface area contributed by atoms with Gasteiger partial charge in [-0.05, 0) is 56.2 Å². The van der Waals surface area contributed by atoms with Gasteiger partial charge in [0.05, 0.1) is 17.9 Å². The summed E-state index contributed by atoms with van der Waals surface area (Å²) in [5, 5.41) is 2.89. The topological polar surface area (TPSA) is 85.2 Å². The van der Waals surface area contributed by atoms with E-state index in [2.05, 4.69) is 45.7 Å². The molecule has 8 nitrogen and oxygen atoms in total. The van der Waals surface area contributed by atoms with E-state index in [0.717, 1.165) is 64.2 Å². The van der Waals surface area contributed by atoms with Gasteiger partial charge in [0, 0.05) is 54.9 Å². The predicted molar refractivity (Wildman–Crippen MR) is 134 cm³/mol. The molecule has 2 aliphatic heterocycles. The van der Waals surface area contributed by atoms with Gasteiger partial charge in [-0.25, -0.2) is 15.0 Å². The SMILES string of the molecule is CCN1c2ncc(CCOc3cccc4c3CCNC4=O)cc2-c2ncc(C)n2-c2cccnc21. The number of hydrogen-bond donors (Lipinski definition) is 1. The van der Waals surface area contributed by atoms with Gasteiger partial charge >= 0.3 is 0 Å². The average molecular weight is 467 g/mol. The van der Waals surface area contributed by atoms with Crippen LogP contribution in [0.2, 0.25) is 0 Å². The van der Waals surface area contributed by atoms with Crippen molar-refractivity contribution >= 4 is 17.5 Å². The van der Waals surface area contributed by atoms with Crippen LogP contribution >= 0.6 is 0 Å². The summed E-state index contributed by atoms with van der Waals surface area (Å²) in [4.78, 5) is 28.6. The Bertz CT molecular complexity index is 1440. The second-order valence-corrected chi connectivity index (χ2v) is 8.75. The lowest BCUT2D eigenvalue weighted by atomic mass is 9.99. The first-order valence-corrected chi connectivity index (χ1v) is 11.9. The van der Waals surface area contributed by atoms with E-state index in [1.807, 2.05) is 42.9 Å². The molecular weight excluding hydrogens is 440 g/mol. The van der Waals surface area contributed by atoms with Gasteiger partial charge in [-0.15, -0.1) is 0 Å². The molecule has 0 saturated heterocycles. The number of fused-ring (bicyclic) bond motifs is 6. The first kappa shape index (κ1) is 21.3. The van der Waals surface area contributed by atoms with Gasteiger partial charge in [-0.2, -0.15) is 0 Å². The molecule has 0 fully saturated rings. The summed E-state index contributed by atoms with van der Waals surface area (Å²) >= 11 is 0. The smallest absolute Gasteiger partial charge is 0.251 e. The van der Waals surface area contributed by atoms with Crippen molar-refractivity contribution in [2.45, 2.75) is 26.7 Å². The fourth-order valence-corrected chi connectivity index (χ4v) is 4.97. The zero-order chi connectivity index (χ0) is 23.9. The van der Waals surface area contributed by atoms with E-state index in [-0.39, 0.29) is 5.91 Å². The van der Waals surface area contributed by atoms with Crippen LogP contribution in [-0.4, -0.2) is 45.1 Å². The highest BCUT2D eigenvalue weighted by Crippen LogP contribution is 2.40. The molecule has 0 spiro atoms. The Morgan fingerprint density at radius 3 is 2.86 bits per heavy atom. The quantitative estimate of drug-likeness (QED) is 0.478. The number of benzene rings is 1. The standard InChI is InChI=1S/C27H26N6O2/c1-3-32-24-21(25-30-15-17(2)33(25)22-7-5-11-28-26(22)32)14-18(16-31-24)10-13-35-23-8-4-6-20-19(23)9-12-29-27(20)34/h4-8,11,14-16H,3,9-10,12-13H2,1-2H3,(H,29,34). The van der Waals surface area contributed by atoms with E-state index in [1.54, 1.807) is 0 Å². The number of imidazole rings is 1. The number of carbonyl (C=O) groups is 1. The van der Waals surface area contributed by atoms with Crippen molar-refractivity contribution < 1.29 is 9.53 Å². The summed E-state index contributed by atoms with van der Waals surface area (Å²) in [5.41, 5.74) is 5.77. The van der Waals surface area contributed by atoms with E-state index in [9.17, 15) is 4.79 Å². The predicted octanol–water partition coefficient (Wildman–Crippen LogP) is 4.02. The fourth-order valence-electron chi connectivity index (χ4n) is 4.97. The molecule has 0 saturated carbocycles. The summed E-state index contributed by atoms with van der Waals surface area (Å²) in [6.45, 7) is 6.03. The maximum absolute atomic E-state index is 12.1. The number of aromatic nitrogens is 4. The third-order valence-corrected chi connectivity index (χ3v) is 6.62. The third kappa shape index (κ3) is 3.53. The molecule has 0 unspecified atom stereocenters.